The molecule has 0 saturated carbocycles. The fourth-order valence-corrected chi connectivity index (χ4v) is 3.05. The molecule has 0 bridgehead atoms. The van der Waals surface area contributed by atoms with Crippen molar-refractivity contribution in [3.05, 3.63) is 86.8 Å². The summed E-state index contributed by atoms with van der Waals surface area (Å²) in [5.41, 5.74) is 2.85. The van der Waals surface area contributed by atoms with Crippen molar-refractivity contribution in [1.82, 2.24) is 10.3 Å². The molecule has 1 heterocycles. The molecule has 1 aromatic heterocycles. The summed E-state index contributed by atoms with van der Waals surface area (Å²) in [6.07, 6.45) is 3.29. The number of amides is 1. The van der Waals surface area contributed by atoms with E-state index in [0.29, 0.717) is 18.2 Å². The number of halogens is 1. The van der Waals surface area contributed by atoms with Gasteiger partial charge in [-0.1, -0.05) is 35.9 Å². The maximum absolute atomic E-state index is 11.9. The van der Waals surface area contributed by atoms with Gasteiger partial charge in [-0.05, 0) is 48.4 Å². The maximum Gasteiger partial charge on any atom is 0.244 e. The number of aromatic nitrogens is 1. The van der Waals surface area contributed by atoms with Crippen LogP contribution in [0.4, 0.5) is 0 Å². The molecule has 0 aliphatic carbocycles. The minimum absolute atomic E-state index is 0.149. The Morgan fingerprint density at radius 2 is 1.93 bits per heavy atom. The van der Waals surface area contributed by atoms with E-state index in [4.69, 9.17) is 16.3 Å². The van der Waals surface area contributed by atoms with Crippen molar-refractivity contribution in [3.63, 3.8) is 0 Å². The molecule has 27 heavy (non-hydrogen) atoms. The number of benzene rings is 2. The van der Waals surface area contributed by atoms with E-state index in [1.807, 2.05) is 48.7 Å². The predicted molar refractivity (Wildman–Crippen MR) is 110 cm³/mol. The van der Waals surface area contributed by atoms with Gasteiger partial charge in [-0.15, -0.1) is 11.3 Å². The van der Waals surface area contributed by atoms with Crippen LogP contribution in [0.2, 0.25) is 5.02 Å². The summed E-state index contributed by atoms with van der Waals surface area (Å²) in [6, 6.07) is 15.0. The van der Waals surface area contributed by atoms with Crippen LogP contribution in [0, 0.1) is 6.92 Å². The first-order chi connectivity index (χ1) is 13.1. The van der Waals surface area contributed by atoms with Gasteiger partial charge in [0.1, 0.15) is 12.4 Å². The molecular formula is C21H19ClN2O2S. The average Bonchev–Trinajstić information content (AvgIpc) is 3.10. The Morgan fingerprint density at radius 1 is 1.19 bits per heavy atom. The summed E-state index contributed by atoms with van der Waals surface area (Å²) in [5.74, 6) is 0.620. The minimum atomic E-state index is -0.149. The summed E-state index contributed by atoms with van der Waals surface area (Å²) in [4.78, 5) is 16.3. The fourth-order valence-electron chi connectivity index (χ4n) is 2.33. The lowest BCUT2D eigenvalue weighted by atomic mass is 10.2. The van der Waals surface area contributed by atoms with Gasteiger partial charge in [0.15, 0.2) is 0 Å². The Morgan fingerprint density at radius 3 is 2.59 bits per heavy atom. The lowest BCUT2D eigenvalue weighted by Crippen LogP contribution is -2.20. The maximum atomic E-state index is 11.9. The second-order valence-corrected chi connectivity index (χ2v) is 7.39. The van der Waals surface area contributed by atoms with Crippen LogP contribution in [-0.4, -0.2) is 10.9 Å². The number of hydrogen-bond donors (Lipinski definition) is 1. The number of aryl methyl sites for hydroxylation is 1. The summed E-state index contributed by atoms with van der Waals surface area (Å²) in [7, 11) is 0. The molecule has 0 aliphatic rings. The Balaban J connectivity index is 1.46. The third kappa shape index (κ3) is 6.24. The summed E-state index contributed by atoms with van der Waals surface area (Å²) in [5, 5.41) is 6.55. The number of rotatable bonds is 7. The van der Waals surface area contributed by atoms with Crippen LogP contribution < -0.4 is 10.1 Å². The zero-order valence-electron chi connectivity index (χ0n) is 14.8. The number of ether oxygens (including phenoxy) is 1. The molecule has 1 amide bonds. The van der Waals surface area contributed by atoms with Crippen molar-refractivity contribution in [3.8, 4) is 5.75 Å². The van der Waals surface area contributed by atoms with Gasteiger partial charge >= 0.3 is 0 Å². The number of carbonyl (C=O) groups excluding carboxylic acids is 1. The van der Waals surface area contributed by atoms with Crippen molar-refractivity contribution >= 4 is 34.9 Å². The molecular weight excluding hydrogens is 380 g/mol. The van der Waals surface area contributed by atoms with Crippen molar-refractivity contribution < 1.29 is 9.53 Å². The highest BCUT2D eigenvalue weighted by atomic mass is 35.5. The number of thiazole rings is 1. The van der Waals surface area contributed by atoms with E-state index in [-0.39, 0.29) is 5.91 Å². The third-order valence-electron chi connectivity index (χ3n) is 3.74. The van der Waals surface area contributed by atoms with Crippen molar-refractivity contribution in [2.45, 2.75) is 20.1 Å². The number of nitrogens with one attached hydrogen (secondary N) is 1. The van der Waals surface area contributed by atoms with E-state index in [2.05, 4.69) is 10.3 Å². The van der Waals surface area contributed by atoms with Crippen LogP contribution in [0.3, 0.4) is 0 Å². The van der Waals surface area contributed by atoms with E-state index < -0.39 is 0 Å². The molecule has 6 heteroatoms. The van der Waals surface area contributed by atoms with Gasteiger partial charge in [-0.3, -0.25) is 4.79 Å². The molecule has 0 spiro atoms. The molecule has 0 unspecified atom stereocenters. The predicted octanol–water partition coefficient (Wildman–Crippen LogP) is 5.01. The second-order valence-electron chi connectivity index (χ2n) is 5.89. The molecule has 4 nitrogen and oxygen atoms in total. The number of nitrogens with zero attached hydrogens (tertiary/aromatic N) is 1. The van der Waals surface area contributed by atoms with E-state index in [9.17, 15) is 4.79 Å². The topological polar surface area (TPSA) is 51.2 Å². The van der Waals surface area contributed by atoms with Gasteiger partial charge in [0.25, 0.3) is 0 Å². The zero-order valence-corrected chi connectivity index (χ0v) is 16.4. The molecule has 1 N–H and O–H groups in total. The van der Waals surface area contributed by atoms with Crippen LogP contribution in [-0.2, 0) is 17.9 Å². The molecule has 3 aromatic rings. The van der Waals surface area contributed by atoms with Crippen LogP contribution in [0.1, 0.15) is 21.8 Å². The normalized spacial score (nSPS) is 10.9. The first-order valence-electron chi connectivity index (χ1n) is 8.43. The smallest absolute Gasteiger partial charge is 0.244 e. The molecule has 0 atom stereocenters. The molecule has 0 saturated heterocycles. The Bertz CT molecular complexity index is 918. The van der Waals surface area contributed by atoms with Gasteiger partial charge in [-0.25, -0.2) is 4.98 Å². The standard InChI is InChI=1S/C21H19ClN2O2S/c1-15-24-19(14-27-15)13-26-20-9-4-16(5-10-20)6-11-21(25)23-12-17-2-7-18(22)8-3-17/h2-11,14H,12-13H2,1H3,(H,23,25)/b11-6+. The third-order valence-corrected chi connectivity index (χ3v) is 4.81. The average molecular weight is 399 g/mol. The SMILES string of the molecule is Cc1nc(COc2ccc(/C=C/C(=O)NCc3ccc(Cl)cc3)cc2)cs1. The minimum Gasteiger partial charge on any atom is -0.487 e. The van der Waals surface area contributed by atoms with Gasteiger partial charge < -0.3 is 10.1 Å². The first-order valence-corrected chi connectivity index (χ1v) is 9.68. The Hall–Kier alpha value is -2.63. The van der Waals surface area contributed by atoms with E-state index >= 15 is 0 Å². The zero-order chi connectivity index (χ0) is 19.1. The highest BCUT2D eigenvalue weighted by molar-refractivity contribution is 7.09. The monoisotopic (exact) mass is 398 g/mol. The van der Waals surface area contributed by atoms with Crippen LogP contribution >= 0.6 is 22.9 Å². The molecule has 2 aromatic carbocycles. The Kier molecular flexibility index (Phi) is 6.63. The number of carbonyl (C=O) groups is 1. The van der Waals surface area contributed by atoms with Crippen LogP contribution in [0.15, 0.2) is 60.0 Å². The van der Waals surface area contributed by atoms with E-state index in [1.165, 1.54) is 6.08 Å². The molecule has 0 fully saturated rings. The largest absolute Gasteiger partial charge is 0.487 e. The number of hydrogen-bond acceptors (Lipinski definition) is 4. The van der Waals surface area contributed by atoms with Crippen LogP contribution in [0.5, 0.6) is 5.75 Å². The van der Waals surface area contributed by atoms with Gasteiger partial charge in [0, 0.05) is 23.0 Å². The molecule has 138 valence electrons. The lowest BCUT2D eigenvalue weighted by molar-refractivity contribution is -0.116. The first kappa shape index (κ1) is 19.1. The molecule has 0 aliphatic heterocycles. The van der Waals surface area contributed by atoms with Gasteiger partial charge in [0.2, 0.25) is 5.91 Å². The summed E-state index contributed by atoms with van der Waals surface area (Å²) < 4.78 is 5.71. The van der Waals surface area contributed by atoms with Crippen molar-refractivity contribution in [2.24, 2.45) is 0 Å². The Labute approximate surface area is 167 Å². The summed E-state index contributed by atoms with van der Waals surface area (Å²) in [6.45, 7) is 2.89. The van der Waals surface area contributed by atoms with E-state index in [1.54, 1.807) is 29.5 Å². The highest BCUT2D eigenvalue weighted by Gasteiger charge is 2.01. The molecule has 0 radical (unpaired) electrons. The van der Waals surface area contributed by atoms with Crippen LogP contribution in [0.25, 0.3) is 6.08 Å². The molecule has 3 rings (SSSR count). The van der Waals surface area contributed by atoms with Gasteiger partial charge in [0.05, 0.1) is 10.7 Å². The highest BCUT2D eigenvalue weighted by Crippen LogP contribution is 2.16. The van der Waals surface area contributed by atoms with E-state index in [0.717, 1.165) is 27.6 Å². The quantitative estimate of drug-likeness (QED) is 0.569. The summed E-state index contributed by atoms with van der Waals surface area (Å²) >= 11 is 7.46. The van der Waals surface area contributed by atoms with Crippen molar-refractivity contribution in [1.29, 1.82) is 0 Å². The lowest BCUT2D eigenvalue weighted by Gasteiger charge is -2.04. The second kappa shape index (κ2) is 9.35. The fraction of sp³-hybridized carbons (Fsp3) is 0.143. The van der Waals surface area contributed by atoms with Gasteiger partial charge in [-0.2, -0.15) is 0 Å². The van der Waals surface area contributed by atoms with Crippen molar-refractivity contribution in [2.75, 3.05) is 0 Å².